The summed E-state index contributed by atoms with van der Waals surface area (Å²) in [5.41, 5.74) is 0.802. The molecule has 0 aliphatic carbocycles. The number of carboxylic acids is 1. The predicted octanol–water partition coefficient (Wildman–Crippen LogP) is 0.701. The summed E-state index contributed by atoms with van der Waals surface area (Å²) in [4.78, 5) is 23.7. The van der Waals surface area contributed by atoms with Crippen LogP contribution in [0.4, 0.5) is 0 Å². The lowest BCUT2D eigenvalue weighted by Crippen LogP contribution is -2.50. The second-order valence-electron chi connectivity index (χ2n) is 4.97. The zero-order valence-electron chi connectivity index (χ0n) is 11.4. The summed E-state index contributed by atoms with van der Waals surface area (Å²) in [5.74, 6) is -0.961. The van der Waals surface area contributed by atoms with E-state index in [1.807, 2.05) is 0 Å². The van der Waals surface area contributed by atoms with E-state index in [1.54, 1.807) is 0 Å². The Morgan fingerprint density at radius 1 is 1.53 bits per heavy atom. The van der Waals surface area contributed by atoms with Gasteiger partial charge in [0.15, 0.2) is 0 Å². The van der Waals surface area contributed by atoms with Crippen LogP contribution in [0.5, 0.6) is 0 Å². The number of aromatic carboxylic acids is 1. The molecular weight excluding hydrogens is 244 g/mol. The van der Waals surface area contributed by atoms with Gasteiger partial charge >= 0.3 is 5.97 Å². The smallest absolute Gasteiger partial charge is 0.339 e. The van der Waals surface area contributed by atoms with Crippen molar-refractivity contribution >= 4 is 5.97 Å². The van der Waals surface area contributed by atoms with Gasteiger partial charge in [-0.05, 0) is 13.5 Å². The maximum atomic E-state index is 11.1. The quantitative estimate of drug-likeness (QED) is 0.863. The van der Waals surface area contributed by atoms with Crippen molar-refractivity contribution in [2.24, 2.45) is 0 Å². The Kier molecular flexibility index (Phi) is 4.44. The first-order valence-electron chi connectivity index (χ1n) is 6.56. The molecule has 6 heteroatoms. The summed E-state index contributed by atoms with van der Waals surface area (Å²) in [6.45, 7) is 5.66. The summed E-state index contributed by atoms with van der Waals surface area (Å²) in [7, 11) is 2.14. The number of aromatic nitrogens is 2. The molecule has 0 amide bonds. The molecule has 0 saturated carbocycles. The van der Waals surface area contributed by atoms with Gasteiger partial charge in [-0.3, -0.25) is 4.90 Å². The molecule has 1 N–H and O–H groups in total. The number of likely N-dealkylation sites (N-methyl/N-ethyl adjacent to an activating group) is 1. The molecule has 1 unspecified atom stereocenters. The molecule has 1 saturated heterocycles. The lowest BCUT2D eigenvalue weighted by Gasteiger charge is -2.39. The zero-order valence-corrected chi connectivity index (χ0v) is 11.4. The largest absolute Gasteiger partial charge is 0.478 e. The van der Waals surface area contributed by atoms with Gasteiger partial charge in [-0.25, -0.2) is 14.8 Å². The van der Waals surface area contributed by atoms with Crippen LogP contribution < -0.4 is 0 Å². The molecule has 0 spiro atoms. The third kappa shape index (κ3) is 3.27. The highest BCUT2D eigenvalue weighted by atomic mass is 16.4. The minimum absolute atomic E-state index is 0.203. The fourth-order valence-corrected chi connectivity index (χ4v) is 2.47. The van der Waals surface area contributed by atoms with E-state index >= 15 is 0 Å². The van der Waals surface area contributed by atoms with Crippen molar-refractivity contribution in [3.05, 3.63) is 23.8 Å². The first-order chi connectivity index (χ1) is 9.11. The first-order valence-corrected chi connectivity index (χ1v) is 6.56. The predicted molar refractivity (Wildman–Crippen MR) is 71.0 cm³/mol. The van der Waals surface area contributed by atoms with E-state index in [-0.39, 0.29) is 5.56 Å². The van der Waals surface area contributed by atoms with Gasteiger partial charge in [-0.2, -0.15) is 0 Å². The number of carboxylic acid groups (broad SMARTS) is 1. The van der Waals surface area contributed by atoms with Crippen molar-refractivity contribution in [2.45, 2.75) is 25.9 Å². The third-order valence-corrected chi connectivity index (χ3v) is 3.73. The van der Waals surface area contributed by atoms with Crippen molar-refractivity contribution < 1.29 is 9.90 Å². The van der Waals surface area contributed by atoms with Crippen LogP contribution in [0.2, 0.25) is 0 Å². The van der Waals surface area contributed by atoms with Crippen molar-refractivity contribution in [1.29, 1.82) is 0 Å². The van der Waals surface area contributed by atoms with Crippen LogP contribution in [0.3, 0.4) is 0 Å². The second-order valence-corrected chi connectivity index (χ2v) is 4.97. The summed E-state index contributed by atoms with van der Waals surface area (Å²) < 4.78 is 0. The highest BCUT2D eigenvalue weighted by Gasteiger charge is 2.24. The van der Waals surface area contributed by atoms with Crippen molar-refractivity contribution in [1.82, 2.24) is 19.8 Å². The fourth-order valence-electron chi connectivity index (χ4n) is 2.47. The van der Waals surface area contributed by atoms with Gasteiger partial charge in [0, 0.05) is 38.4 Å². The van der Waals surface area contributed by atoms with E-state index in [2.05, 4.69) is 33.7 Å². The number of piperazine rings is 1. The maximum absolute atomic E-state index is 11.1. The molecule has 0 aromatic carbocycles. The lowest BCUT2D eigenvalue weighted by molar-refractivity contribution is 0.0685. The molecule has 1 aromatic heterocycles. The Morgan fingerprint density at radius 3 is 3.00 bits per heavy atom. The standard InChI is InChI=1S/C13H20N4O2/c1-3-10-7-17(5-4-16(10)2)8-12-11(13(18)19)6-14-9-15-12/h6,9-10H,3-5,7-8H2,1-2H3,(H,18,19). The molecule has 0 bridgehead atoms. The summed E-state index contributed by atoms with van der Waals surface area (Å²) >= 11 is 0. The van der Waals surface area contributed by atoms with Crippen LogP contribution in [0.25, 0.3) is 0 Å². The van der Waals surface area contributed by atoms with Crippen LogP contribution in [0, 0.1) is 0 Å². The Balaban J connectivity index is 2.07. The molecule has 1 aliphatic rings. The Morgan fingerprint density at radius 2 is 2.32 bits per heavy atom. The molecule has 6 nitrogen and oxygen atoms in total. The van der Waals surface area contributed by atoms with Gasteiger partial charge < -0.3 is 10.0 Å². The van der Waals surface area contributed by atoms with Gasteiger partial charge in [-0.15, -0.1) is 0 Å². The molecule has 2 rings (SSSR count). The minimum Gasteiger partial charge on any atom is -0.478 e. The highest BCUT2D eigenvalue weighted by Crippen LogP contribution is 2.14. The molecule has 19 heavy (non-hydrogen) atoms. The minimum atomic E-state index is -0.961. The van der Waals surface area contributed by atoms with E-state index in [9.17, 15) is 4.79 Å². The van der Waals surface area contributed by atoms with Crippen molar-refractivity contribution in [3.8, 4) is 0 Å². The van der Waals surface area contributed by atoms with E-state index in [0.29, 0.717) is 18.3 Å². The molecule has 1 atom stereocenters. The fraction of sp³-hybridized carbons (Fsp3) is 0.615. The number of rotatable bonds is 4. The van der Waals surface area contributed by atoms with Crippen molar-refractivity contribution in [2.75, 3.05) is 26.7 Å². The average Bonchev–Trinajstić information content (AvgIpc) is 2.41. The number of nitrogens with zero attached hydrogens (tertiary/aromatic N) is 4. The number of carbonyl (C=O) groups is 1. The molecule has 1 fully saturated rings. The zero-order chi connectivity index (χ0) is 13.8. The molecule has 1 aliphatic heterocycles. The highest BCUT2D eigenvalue weighted by molar-refractivity contribution is 5.88. The van der Waals surface area contributed by atoms with Gasteiger partial charge in [0.1, 0.15) is 11.9 Å². The second kappa shape index (κ2) is 6.08. The lowest BCUT2D eigenvalue weighted by atomic mass is 10.1. The maximum Gasteiger partial charge on any atom is 0.339 e. The summed E-state index contributed by atoms with van der Waals surface area (Å²) in [6, 6.07) is 0.531. The van der Waals surface area contributed by atoms with Crippen LogP contribution in [-0.4, -0.2) is 63.6 Å². The van der Waals surface area contributed by atoms with Gasteiger partial charge in [0.25, 0.3) is 0 Å². The molecule has 1 aromatic rings. The van der Waals surface area contributed by atoms with E-state index in [0.717, 1.165) is 26.1 Å². The Hall–Kier alpha value is -1.53. The van der Waals surface area contributed by atoms with Crippen LogP contribution in [0.15, 0.2) is 12.5 Å². The normalized spacial score (nSPS) is 21.5. The van der Waals surface area contributed by atoms with Crippen LogP contribution in [-0.2, 0) is 6.54 Å². The average molecular weight is 264 g/mol. The van der Waals surface area contributed by atoms with Crippen LogP contribution in [0.1, 0.15) is 29.4 Å². The monoisotopic (exact) mass is 264 g/mol. The van der Waals surface area contributed by atoms with E-state index in [4.69, 9.17) is 5.11 Å². The van der Waals surface area contributed by atoms with Crippen molar-refractivity contribution in [3.63, 3.8) is 0 Å². The Bertz CT molecular complexity index is 452. The van der Waals surface area contributed by atoms with E-state index in [1.165, 1.54) is 12.5 Å². The van der Waals surface area contributed by atoms with Gasteiger partial charge in [0.05, 0.1) is 5.69 Å². The molecule has 2 heterocycles. The summed E-state index contributed by atoms with van der Waals surface area (Å²) in [5, 5.41) is 9.13. The molecule has 104 valence electrons. The number of hydrogen-bond acceptors (Lipinski definition) is 5. The topological polar surface area (TPSA) is 69.6 Å². The van der Waals surface area contributed by atoms with E-state index < -0.39 is 5.97 Å². The molecule has 0 radical (unpaired) electrons. The third-order valence-electron chi connectivity index (χ3n) is 3.73. The Labute approximate surface area is 113 Å². The van der Waals surface area contributed by atoms with Gasteiger partial charge in [-0.1, -0.05) is 6.92 Å². The SMILES string of the molecule is CCC1CN(Cc2ncncc2C(=O)O)CCN1C. The first kappa shape index (κ1) is 13.9. The summed E-state index contributed by atoms with van der Waals surface area (Å²) in [6.07, 6.45) is 3.88. The number of hydrogen-bond donors (Lipinski definition) is 1. The molecular formula is C13H20N4O2. The van der Waals surface area contributed by atoms with Gasteiger partial charge in [0.2, 0.25) is 0 Å². The van der Waals surface area contributed by atoms with Crippen LogP contribution >= 0.6 is 0 Å².